The van der Waals surface area contributed by atoms with Gasteiger partial charge in [0.15, 0.2) is 0 Å². The highest BCUT2D eigenvalue weighted by atomic mass is 79.9. The lowest BCUT2D eigenvalue weighted by atomic mass is 9.81. The Labute approximate surface area is 270 Å². The molecule has 0 bridgehead atoms. The van der Waals surface area contributed by atoms with E-state index in [0.717, 1.165) is 26.9 Å². The van der Waals surface area contributed by atoms with Crippen molar-refractivity contribution in [2.45, 2.75) is 48.9 Å². The summed E-state index contributed by atoms with van der Waals surface area (Å²) in [6.07, 6.45) is 0. The molecule has 220 valence electrons. The summed E-state index contributed by atoms with van der Waals surface area (Å²) >= 11 is 11.6. The molecule has 0 saturated carbocycles. The van der Waals surface area contributed by atoms with Crippen molar-refractivity contribution in [3.05, 3.63) is 108 Å². The number of nitrogens with one attached hydrogen (secondary N) is 1. The van der Waals surface area contributed by atoms with Gasteiger partial charge in [-0.25, -0.2) is 4.90 Å². The summed E-state index contributed by atoms with van der Waals surface area (Å²) in [6, 6.07) is 21.8. The van der Waals surface area contributed by atoms with Crippen molar-refractivity contribution in [3.8, 4) is 0 Å². The maximum atomic E-state index is 14.1. The monoisotopic (exact) mass is 695 g/mol. The van der Waals surface area contributed by atoms with Gasteiger partial charge in [-0.2, -0.15) is 0 Å². The smallest absolute Gasteiger partial charge is 0.308 e. The Morgan fingerprint density at radius 2 is 1.58 bits per heavy atom. The minimum Gasteiger partial charge on any atom is -0.325 e. The molecule has 1 N–H and O–H groups in total. The zero-order valence-electron chi connectivity index (χ0n) is 23.5. The zero-order valence-corrected chi connectivity index (χ0v) is 27.4. The number of aromatic nitrogens is 1. The minimum absolute atomic E-state index is 0.0717. The first kappa shape index (κ1) is 29.9. The minimum atomic E-state index is -0.754. The number of hydrogen-bond acceptors (Lipinski definition) is 6. The fourth-order valence-corrected chi connectivity index (χ4v) is 8.69. The Bertz CT molecular complexity index is 1790. The first-order valence-corrected chi connectivity index (χ1v) is 16.5. The Hall–Kier alpha value is -3.18. The van der Waals surface area contributed by atoms with Crippen LogP contribution in [0.2, 0.25) is 5.02 Å². The number of imide groups is 1. The van der Waals surface area contributed by atoms with Crippen LogP contribution in [0.5, 0.6) is 0 Å². The third-order valence-corrected chi connectivity index (χ3v) is 11.1. The molecule has 7 nitrogen and oxygen atoms in total. The van der Waals surface area contributed by atoms with Gasteiger partial charge in [0.25, 0.3) is 0 Å². The first-order chi connectivity index (χ1) is 20.4. The van der Waals surface area contributed by atoms with Crippen LogP contribution in [0.3, 0.4) is 0 Å². The predicted octanol–water partition coefficient (Wildman–Crippen LogP) is 7.06. The van der Waals surface area contributed by atoms with Gasteiger partial charge in [0.2, 0.25) is 17.7 Å². The van der Waals surface area contributed by atoms with Crippen LogP contribution in [0.25, 0.3) is 0 Å². The number of carbonyl (C=O) groups excluding carboxylic acids is 3. The fraction of sp³-hybridized carbons (Fsp3) is 0.250. The summed E-state index contributed by atoms with van der Waals surface area (Å²) in [4.78, 5) is 56.1. The number of thioether (sulfide) groups is 1. The molecule has 0 aliphatic carbocycles. The van der Waals surface area contributed by atoms with Gasteiger partial charge in [0, 0.05) is 26.0 Å². The molecule has 1 aromatic heterocycles. The molecule has 3 atom stereocenters. The lowest BCUT2D eigenvalue weighted by Crippen LogP contribution is -2.33. The second-order valence-electron chi connectivity index (χ2n) is 11.6. The molecule has 43 heavy (non-hydrogen) atoms. The molecule has 0 unspecified atom stereocenters. The van der Waals surface area contributed by atoms with Gasteiger partial charge in [0.05, 0.1) is 16.6 Å². The standard InChI is InChI=1S/C32H27BrClN3O4S2/c1-32(2,3)18-6-4-17(5-7-18)24-25-26(29(40)37(28(25)39)22-14-8-19(33)9-15-22)42-30-27(24)43-31(41)36(30)16-23(38)35-21-12-10-20(34)11-13-21/h4-15,24-26H,16H2,1-3H3,(H,35,38)/t24-,25-,26+/m0/s1. The Morgan fingerprint density at radius 1 is 0.930 bits per heavy atom. The van der Waals surface area contributed by atoms with Gasteiger partial charge in [-0.05, 0) is 65.1 Å². The third-order valence-electron chi connectivity index (χ3n) is 7.70. The van der Waals surface area contributed by atoms with Crippen molar-refractivity contribution in [3.63, 3.8) is 0 Å². The Balaban J connectivity index is 1.41. The van der Waals surface area contributed by atoms with Crippen molar-refractivity contribution < 1.29 is 14.4 Å². The number of thiazole rings is 1. The van der Waals surface area contributed by atoms with Crippen LogP contribution in [-0.2, 0) is 26.3 Å². The van der Waals surface area contributed by atoms with Crippen LogP contribution < -0.4 is 15.1 Å². The van der Waals surface area contributed by atoms with Crippen LogP contribution in [0.1, 0.15) is 42.7 Å². The molecule has 1 saturated heterocycles. The van der Waals surface area contributed by atoms with Gasteiger partial charge in [-0.3, -0.25) is 23.7 Å². The average molecular weight is 697 g/mol. The van der Waals surface area contributed by atoms with E-state index in [4.69, 9.17) is 11.6 Å². The fourth-order valence-electron chi connectivity index (χ4n) is 5.53. The first-order valence-electron chi connectivity index (χ1n) is 13.6. The van der Waals surface area contributed by atoms with E-state index in [-0.39, 0.29) is 34.6 Å². The zero-order chi connectivity index (χ0) is 30.6. The van der Waals surface area contributed by atoms with E-state index in [1.807, 2.05) is 24.3 Å². The quantitative estimate of drug-likeness (QED) is 0.226. The highest BCUT2D eigenvalue weighted by Gasteiger charge is 2.56. The number of nitrogens with zero attached hydrogens (tertiary/aromatic N) is 2. The van der Waals surface area contributed by atoms with Crippen LogP contribution in [-0.4, -0.2) is 27.5 Å². The lowest BCUT2D eigenvalue weighted by Gasteiger charge is -2.31. The van der Waals surface area contributed by atoms with Crippen LogP contribution in [0, 0.1) is 5.92 Å². The predicted molar refractivity (Wildman–Crippen MR) is 175 cm³/mol. The number of halogens is 2. The van der Waals surface area contributed by atoms with E-state index in [9.17, 15) is 19.2 Å². The maximum absolute atomic E-state index is 14.1. The van der Waals surface area contributed by atoms with Crippen LogP contribution in [0.15, 0.2) is 87.1 Å². The number of benzene rings is 3. The van der Waals surface area contributed by atoms with E-state index >= 15 is 0 Å². The second kappa shape index (κ2) is 11.4. The molecular weight excluding hydrogens is 670 g/mol. The van der Waals surface area contributed by atoms with Crippen molar-refractivity contribution in [2.24, 2.45) is 5.92 Å². The summed E-state index contributed by atoms with van der Waals surface area (Å²) in [5.74, 6) is -2.24. The highest BCUT2D eigenvalue weighted by Crippen LogP contribution is 2.54. The van der Waals surface area contributed by atoms with E-state index in [1.165, 1.54) is 21.2 Å². The van der Waals surface area contributed by atoms with E-state index in [1.54, 1.807) is 48.5 Å². The molecule has 1 fully saturated rings. The topological polar surface area (TPSA) is 88.5 Å². The van der Waals surface area contributed by atoms with E-state index in [0.29, 0.717) is 26.3 Å². The van der Waals surface area contributed by atoms with Crippen molar-refractivity contribution in [2.75, 3.05) is 10.2 Å². The van der Waals surface area contributed by atoms with Crippen molar-refractivity contribution in [1.82, 2.24) is 4.57 Å². The molecule has 2 aliphatic heterocycles. The molecular formula is C32H27BrClN3O4S2. The van der Waals surface area contributed by atoms with Gasteiger partial charge < -0.3 is 5.32 Å². The van der Waals surface area contributed by atoms with E-state index in [2.05, 4.69) is 42.0 Å². The highest BCUT2D eigenvalue weighted by molar-refractivity contribution is 9.10. The summed E-state index contributed by atoms with van der Waals surface area (Å²) in [5.41, 5.74) is 2.96. The molecule has 3 heterocycles. The number of carbonyl (C=O) groups is 3. The molecule has 3 aromatic carbocycles. The molecule has 11 heteroatoms. The van der Waals surface area contributed by atoms with Gasteiger partial charge in [0.1, 0.15) is 11.8 Å². The molecule has 6 rings (SSSR count). The number of hydrogen-bond donors (Lipinski definition) is 1. The number of amides is 3. The average Bonchev–Trinajstić information content (AvgIpc) is 3.40. The molecule has 2 aliphatic rings. The van der Waals surface area contributed by atoms with Crippen molar-refractivity contribution in [1.29, 1.82) is 0 Å². The summed E-state index contributed by atoms with van der Waals surface area (Å²) in [6.45, 7) is 6.16. The summed E-state index contributed by atoms with van der Waals surface area (Å²) < 4.78 is 2.25. The largest absolute Gasteiger partial charge is 0.325 e. The molecule has 3 amide bonds. The second-order valence-corrected chi connectivity index (χ2v) is 15.1. The normalized spacial score (nSPS) is 19.7. The summed E-state index contributed by atoms with van der Waals surface area (Å²) in [7, 11) is 0. The maximum Gasteiger partial charge on any atom is 0.308 e. The van der Waals surface area contributed by atoms with Crippen LogP contribution >= 0.6 is 50.6 Å². The van der Waals surface area contributed by atoms with Crippen molar-refractivity contribution >= 4 is 79.7 Å². The molecule has 0 radical (unpaired) electrons. The van der Waals surface area contributed by atoms with E-state index < -0.39 is 17.1 Å². The number of anilines is 2. The number of fused-ring (bicyclic) bond motifs is 2. The van der Waals surface area contributed by atoms with Gasteiger partial charge in [-0.1, -0.05) is 95.7 Å². The Kier molecular flexibility index (Phi) is 7.91. The van der Waals surface area contributed by atoms with Gasteiger partial charge in [-0.15, -0.1) is 0 Å². The summed E-state index contributed by atoms with van der Waals surface area (Å²) in [5, 5.41) is 3.14. The van der Waals surface area contributed by atoms with Gasteiger partial charge >= 0.3 is 4.87 Å². The lowest BCUT2D eigenvalue weighted by molar-refractivity contribution is -0.122. The molecule has 0 spiro atoms. The Morgan fingerprint density at radius 3 is 2.21 bits per heavy atom. The molecule has 4 aromatic rings. The third kappa shape index (κ3) is 5.61. The number of rotatable bonds is 5. The SMILES string of the molecule is CC(C)(C)c1ccc([C@@H]2c3sc(=O)n(CC(=O)Nc4ccc(Cl)cc4)c3S[C@H]3C(=O)N(c4ccc(Br)cc4)C(=O)[C@@H]23)cc1. The van der Waals surface area contributed by atoms with Crippen LogP contribution in [0.4, 0.5) is 11.4 Å².